The van der Waals surface area contributed by atoms with Gasteiger partial charge in [-0.3, -0.25) is 14.6 Å². The van der Waals surface area contributed by atoms with Crippen molar-refractivity contribution in [1.82, 2.24) is 29.6 Å². The van der Waals surface area contributed by atoms with Gasteiger partial charge in [-0.15, -0.1) is 0 Å². The van der Waals surface area contributed by atoms with E-state index in [1.54, 1.807) is 6.20 Å². The summed E-state index contributed by atoms with van der Waals surface area (Å²) in [5, 5.41) is 9.20. The van der Waals surface area contributed by atoms with Crippen LogP contribution in [0.25, 0.3) is 21.9 Å². The topological polar surface area (TPSA) is 107 Å². The first-order valence-corrected chi connectivity index (χ1v) is 11.6. The number of nitrogens with zero attached hydrogens (tertiary/aromatic N) is 6. The molecule has 4 heterocycles. The molecule has 1 fully saturated rings. The maximum atomic E-state index is 5.94. The van der Waals surface area contributed by atoms with Gasteiger partial charge in [0, 0.05) is 37.8 Å². The van der Waals surface area contributed by atoms with Crippen molar-refractivity contribution in [3.63, 3.8) is 0 Å². The highest BCUT2D eigenvalue weighted by Gasteiger charge is 2.17. The molecule has 1 aliphatic heterocycles. The molecule has 172 valence electrons. The summed E-state index contributed by atoms with van der Waals surface area (Å²) in [6.45, 7) is 7.97. The van der Waals surface area contributed by atoms with Crippen molar-refractivity contribution in [2.24, 2.45) is 0 Å². The average Bonchev–Trinajstić information content (AvgIpc) is 3.24. The second-order valence-corrected chi connectivity index (χ2v) is 8.42. The fourth-order valence-electron chi connectivity index (χ4n) is 4.36. The van der Waals surface area contributed by atoms with Crippen LogP contribution in [0.3, 0.4) is 0 Å². The molecule has 1 aliphatic rings. The molecule has 0 radical (unpaired) electrons. The molecule has 0 unspecified atom stereocenters. The van der Waals surface area contributed by atoms with Crippen molar-refractivity contribution in [2.45, 2.75) is 32.9 Å². The molecule has 0 aliphatic carbocycles. The number of hydrogen-bond donors (Lipinski definition) is 2. The zero-order valence-electron chi connectivity index (χ0n) is 19.0. The first kappa shape index (κ1) is 21.5. The Bertz CT molecular complexity index is 1250. The van der Waals surface area contributed by atoms with Crippen LogP contribution in [0.15, 0.2) is 36.7 Å². The van der Waals surface area contributed by atoms with Gasteiger partial charge in [0.05, 0.1) is 31.5 Å². The number of nitrogens with two attached hydrogens (primary N) is 1. The summed E-state index contributed by atoms with van der Waals surface area (Å²) in [5.74, 6) is 0.977. The van der Waals surface area contributed by atoms with Crippen LogP contribution >= 0.6 is 0 Å². The normalized spacial score (nSPS) is 14.8. The Labute approximate surface area is 193 Å². The van der Waals surface area contributed by atoms with E-state index >= 15 is 0 Å². The van der Waals surface area contributed by atoms with Crippen LogP contribution in [0.4, 0.5) is 11.8 Å². The number of fused-ring (bicyclic) bond motifs is 2. The second kappa shape index (κ2) is 9.68. The molecule has 0 bridgehead atoms. The van der Waals surface area contributed by atoms with Crippen molar-refractivity contribution < 1.29 is 4.74 Å². The average molecular weight is 447 g/mol. The minimum Gasteiger partial charge on any atom is -0.379 e. The van der Waals surface area contributed by atoms with Gasteiger partial charge in [0.15, 0.2) is 5.82 Å². The molecule has 5 rings (SSSR count). The van der Waals surface area contributed by atoms with E-state index in [2.05, 4.69) is 50.4 Å². The molecule has 4 aromatic rings. The molecule has 9 heteroatoms. The number of morpholine rings is 1. The van der Waals surface area contributed by atoms with E-state index in [1.807, 2.05) is 16.9 Å². The zero-order chi connectivity index (χ0) is 22.6. The number of aromatic nitrogens is 5. The summed E-state index contributed by atoms with van der Waals surface area (Å²) in [7, 11) is 0. The number of rotatable bonds is 8. The van der Waals surface area contributed by atoms with Crippen LogP contribution in [0.1, 0.15) is 30.9 Å². The number of unbranched alkanes of at least 4 members (excludes halogenated alkanes) is 1. The highest BCUT2D eigenvalue weighted by molar-refractivity contribution is 5.88. The van der Waals surface area contributed by atoms with Crippen LogP contribution in [-0.4, -0.2) is 62.5 Å². The van der Waals surface area contributed by atoms with E-state index in [4.69, 9.17) is 15.5 Å². The summed E-state index contributed by atoms with van der Waals surface area (Å²) in [6, 6.07) is 8.55. The van der Waals surface area contributed by atoms with Gasteiger partial charge in [0.2, 0.25) is 5.95 Å². The standard InChI is InChI=1S/C24H30N8O/c1-2-3-8-27-23-22-20(29-24(25)30-23)14-28-32(22)16-18-7-6-17(15-31-10-12-33-13-11-31)19-5-4-9-26-21(18)19/h4-7,9,14H,2-3,8,10-13,15-16H2,1H3,(H3,25,27,29,30). The minimum atomic E-state index is 0.251. The van der Waals surface area contributed by atoms with Crippen LogP contribution in [-0.2, 0) is 17.8 Å². The monoisotopic (exact) mass is 446 g/mol. The van der Waals surface area contributed by atoms with Crippen LogP contribution in [0.2, 0.25) is 0 Å². The Morgan fingerprint density at radius 1 is 1.09 bits per heavy atom. The number of nitrogens with one attached hydrogen (secondary N) is 1. The van der Waals surface area contributed by atoms with E-state index in [1.165, 1.54) is 10.9 Å². The molecule has 33 heavy (non-hydrogen) atoms. The quantitative estimate of drug-likeness (QED) is 0.398. The summed E-state index contributed by atoms with van der Waals surface area (Å²) in [6.07, 6.45) is 5.76. The molecule has 3 aromatic heterocycles. The summed E-state index contributed by atoms with van der Waals surface area (Å²) in [4.78, 5) is 16.0. The van der Waals surface area contributed by atoms with Gasteiger partial charge < -0.3 is 15.8 Å². The fraction of sp³-hybridized carbons (Fsp3) is 0.417. The third-order valence-corrected chi connectivity index (χ3v) is 6.09. The maximum Gasteiger partial charge on any atom is 0.222 e. The Morgan fingerprint density at radius 3 is 2.79 bits per heavy atom. The number of benzene rings is 1. The van der Waals surface area contributed by atoms with Crippen LogP contribution in [0.5, 0.6) is 0 Å². The Hall–Kier alpha value is -3.30. The lowest BCUT2D eigenvalue weighted by atomic mass is 10.0. The van der Waals surface area contributed by atoms with Gasteiger partial charge in [-0.2, -0.15) is 10.1 Å². The van der Waals surface area contributed by atoms with Crippen LogP contribution in [0, 0.1) is 0 Å². The van der Waals surface area contributed by atoms with E-state index < -0.39 is 0 Å². The number of hydrogen-bond acceptors (Lipinski definition) is 8. The third kappa shape index (κ3) is 4.60. The molecule has 1 saturated heterocycles. The predicted octanol–water partition coefficient (Wildman–Crippen LogP) is 3.05. The van der Waals surface area contributed by atoms with Crippen molar-refractivity contribution in [3.8, 4) is 0 Å². The summed E-state index contributed by atoms with van der Waals surface area (Å²) in [5.41, 5.74) is 10.9. The Morgan fingerprint density at radius 2 is 1.94 bits per heavy atom. The van der Waals surface area contributed by atoms with Crippen molar-refractivity contribution in [2.75, 3.05) is 43.9 Å². The molecule has 9 nitrogen and oxygen atoms in total. The smallest absolute Gasteiger partial charge is 0.222 e. The largest absolute Gasteiger partial charge is 0.379 e. The van der Waals surface area contributed by atoms with Crippen molar-refractivity contribution >= 4 is 33.7 Å². The van der Waals surface area contributed by atoms with Crippen molar-refractivity contribution in [1.29, 1.82) is 0 Å². The van der Waals surface area contributed by atoms with E-state index in [0.29, 0.717) is 6.54 Å². The number of nitrogen functional groups attached to an aromatic ring is 1. The lowest BCUT2D eigenvalue weighted by molar-refractivity contribution is 0.0343. The van der Waals surface area contributed by atoms with Gasteiger partial charge in [0.25, 0.3) is 0 Å². The maximum absolute atomic E-state index is 5.94. The molecular weight excluding hydrogens is 416 g/mol. The molecule has 1 aromatic carbocycles. The number of ether oxygens (including phenoxy) is 1. The molecule has 3 N–H and O–H groups in total. The number of pyridine rings is 1. The lowest BCUT2D eigenvalue weighted by Gasteiger charge is -2.27. The lowest BCUT2D eigenvalue weighted by Crippen LogP contribution is -2.35. The van der Waals surface area contributed by atoms with Crippen molar-refractivity contribution in [3.05, 3.63) is 47.8 Å². The highest BCUT2D eigenvalue weighted by Crippen LogP contribution is 2.26. The van der Waals surface area contributed by atoms with Gasteiger partial charge in [-0.25, -0.2) is 4.98 Å². The van der Waals surface area contributed by atoms with Crippen LogP contribution < -0.4 is 11.1 Å². The third-order valence-electron chi connectivity index (χ3n) is 6.09. The second-order valence-electron chi connectivity index (χ2n) is 8.42. The van der Waals surface area contributed by atoms with Gasteiger partial charge >= 0.3 is 0 Å². The molecule has 0 saturated carbocycles. The Kier molecular flexibility index (Phi) is 6.32. The van der Waals surface area contributed by atoms with E-state index in [0.717, 1.165) is 80.2 Å². The Balaban J connectivity index is 1.49. The molecule has 0 amide bonds. The van der Waals surface area contributed by atoms with Gasteiger partial charge in [-0.05, 0) is 23.6 Å². The SMILES string of the molecule is CCCCNc1nc(N)nc2cnn(Cc3ccc(CN4CCOCC4)c4cccnc34)c12. The molecule has 0 spiro atoms. The zero-order valence-corrected chi connectivity index (χ0v) is 19.0. The number of anilines is 2. The molecule has 0 atom stereocenters. The fourth-order valence-corrected chi connectivity index (χ4v) is 4.36. The van der Waals surface area contributed by atoms with E-state index in [-0.39, 0.29) is 5.95 Å². The first-order valence-electron chi connectivity index (χ1n) is 11.6. The van der Waals surface area contributed by atoms with E-state index in [9.17, 15) is 0 Å². The minimum absolute atomic E-state index is 0.251. The van der Waals surface area contributed by atoms with Gasteiger partial charge in [-0.1, -0.05) is 31.5 Å². The predicted molar refractivity (Wildman–Crippen MR) is 130 cm³/mol. The van der Waals surface area contributed by atoms with Gasteiger partial charge in [0.1, 0.15) is 11.0 Å². The summed E-state index contributed by atoms with van der Waals surface area (Å²) >= 11 is 0. The highest BCUT2D eigenvalue weighted by atomic mass is 16.5. The summed E-state index contributed by atoms with van der Waals surface area (Å²) < 4.78 is 7.44. The first-order chi connectivity index (χ1) is 16.2. The molecular formula is C24H30N8O.